The summed E-state index contributed by atoms with van der Waals surface area (Å²) in [5.41, 5.74) is 1.12. The molecule has 3 aliphatic rings. The number of rotatable bonds is 2. The van der Waals surface area contributed by atoms with E-state index in [2.05, 4.69) is 10.6 Å². The van der Waals surface area contributed by atoms with Gasteiger partial charge in [-0.2, -0.15) is 0 Å². The molecule has 3 aliphatic heterocycles. The Morgan fingerprint density at radius 2 is 1.75 bits per heavy atom. The minimum atomic E-state index is -0.348. The molecule has 6 nitrogen and oxygen atoms in total. The Kier molecular flexibility index (Phi) is 4.36. The number of benzene rings is 1. The van der Waals surface area contributed by atoms with E-state index in [4.69, 9.17) is 0 Å². The molecule has 3 amide bonds. The van der Waals surface area contributed by atoms with Gasteiger partial charge < -0.3 is 10.6 Å². The Balaban J connectivity index is 0.00000169. The fraction of sp³-hybridized carbons (Fsp3) is 0.471. The molecule has 2 unspecified atom stereocenters. The Bertz CT molecular complexity index is 709. The third-order valence-electron chi connectivity index (χ3n) is 5.16. The summed E-state index contributed by atoms with van der Waals surface area (Å²) >= 11 is 0. The maximum absolute atomic E-state index is 12.5. The summed E-state index contributed by atoms with van der Waals surface area (Å²) in [5.74, 6) is -0.833. The maximum Gasteiger partial charge on any atom is 0.261 e. The Labute approximate surface area is 146 Å². The quantitative estimate of drug-likeness (QED) is 0.790. The molecule has 0 spiro atoms. The topological polar surface area (TPSA) is 78.5 Å². The average Bonchev–Trinajstić information content (AvgIpc) is 3.00. The van der Waals surface area contributed by atoms with Crippen LogP contribution in [0, 0.1) is 0 Å². The summed E-state index contributed by atoms with van der Waals surface area (Å²) in [5, 5.41) is 6.62. The molecule has 1 aromatic carbocycles. The largest absolute Gasteiger partial charge is 0.349 e. The normalized spacial score (nSPS) is 27.7. The lowest BCUT2D eigenvalue weighted by Crippen LogP contribution is -2.48. The molecule has 2 N–H and O–H groups in total. The van der Waals surface area contributed by atoms with Gasteiger partial charge in [-0.3, -0.25) is 19.3 Å². The molecule has 0 saturated carbocycles. The van der Waals surface area contributed by atoms with E-state index in [-0.39, 0.29) is 36.2 Å². The van der Waals surface area contributed by atoms with Crippen LogP contribution in [-0.4, -0.2) is 47.8 Å². The van der Waals surface area contributed by atoms with Gasteiger partial charge in [-0.15, -0.1) is 12.4 Å². The van der Waals surface area contributed by atoms with Crippen molar-refractivity contribution in [3.8, 4) is 0 Å². The van der Waals surface area contributed by atoms with Crippen molar-refractivity contribution >= 4 is 30.1 Å². The highest BCUT2D eigenvalue weighted by molar-refractivity contribution is 6.21. The van der Waals surface area contributed by atoms with Gasteiger partial charge in [0.2, 0.25) is 0 Å². The zero-order valence-corrected chi connectivity index (χ0v) is 14.2. The van der Waals surface area contributed by atoms with Gasteiger partial charge in [-0.05, 0) is 43.9 Å². The molecule has 2 fully saturated rings. The summed E-state index contributed by atoms with van der Waals surface area (Å²) in [6, 6.07) is 5.91. The van der Waals surface area contributed by atoms with Gasteiger partial charge in [0, 0.05) is 30.7 Å². The smallest absolute Gasteiger partial charge is 0.261 e. The fourth-order valence-corrected chi connectivity index (χ4v) is 3.95. The minimum absolute atomic E-state index is 0. The third-order valence-corrected chi connectivity index (χ3v) is 5.16. The molecular weight excluding hydrogens is 330 g/mol. The van der Waals surface area contributed by atoms with Crippen LogP contribution in [0.25, 0.3) is 0 Å². The fourth-order valence-electron chi connectivity index (χ4n) is 3.95. The molecule has 0 radical (unpaired) electrons. The molecule has 0 aliphatic carbocycles. The number of carbonyl (C=O) groups is 3. The second kappa shape index (κ2) is 6.18. The number of hydrogen-bond donors (Lipinski definition) is 2. The van der Waals surface area contributed by atoms with E-state index in [0.717, 1.165) is 17.7 Å². The van der Waals surface area contributed by atoms with Crippen LogP contribution in [0.2, 0.25) is 0 Å². The minimum Gasteiger partial charge on any atom is -0.349 e. The van der Waals surface area contributed by atoms with Crippen LogP contribution in [0.5, 0.6) is 0 Å². The first-order valence-corrected chi connectivity index (χ1v) is 8.06. The van der Waals surface area contributed by atoms with Gasteiger partial charge in [0.15, 0.2) is 0 Å². The molecule has 4 rings (SSSR count). The highest BCUT2D eigenvalue weighted by Crippen LogP contribution is 2.27. The number of nitrogens with zero attached hydrogens (tertiary/aromatic N) is 1. The molecule has 2 bridgehead atoms. The van der Waals surface area contributed by atoms with Gasteiger partial charge in [-0.25, -0.2) is 0 Å². The zero-order chi connectivity index (χ0) is 16.1. The number of hydrogen-bond acceptors (Lipinski definition) is 4. The van der Waals surface area contributed by atoms with E-state index >= 15 is 0 Å². The Morgan fingerprint density at radius 3 is 2.42 bits per heavy atom. The predicted octanol–water partition coefficient (Wildman–Crippen LogP) is 1.35. The molecule has 128 valence electrons. The third kappa shape index (κ3) is 2.70. The molecule has 3 heterocycles. The van der Waals surface area contributed by atoms with Gasteiger partial charge in [-0.1, -0.05) is 0 Å². The number of amides is 3. The van der Waals surface area contributed by atoms with Crippen LogP contribution in [0.15, 0.2) is 18.2 Å². The summed E-state index contributed by atoms with van der Waals surface area (Å²) < 4.78 is 0. The van der Waals surface area contributed by atoms with E-state index in [9.17, 15) is 14.4 Å². The van der Waals surface area contributed by atoms with Crippen molar-refractivity contribution in [2.24, 2.45) is 0 Å². The van der Waals surface area contributed by atoms with E-state index in [0.29, 0.717) is 28.8 Å². The first-order valence-electron chi connectivity index (χ1n) is 8.06. The molecule has 2 atom stereocenters. The Morgan fingerprint density at radius 1 is 1.12 bits per heavy atom. The van der Waals surface area contributed by atoms with Crippen molar-refractivity contribution in [2.45, 2.75) is 43.8 Å². The molecule has 1 aromatic rings. The first-order chi connectivity index (χ1) is 11.0. The predicted molar refractivity (Wildman–Crippen MR) is 90.5 cm³/mol. The van der Waals surface area contributed by atoms with Crippen LogP contribution < -0.4 is 10.6 Å². The average molecular weight is 350 g/mol. The lowest BCUT2D eigenvalue weighted by atomic mass is 9.99. The molecule has 2 saturated heterocycles. The number of carbonyl (C=O) groups excluding carboxylic acids is 3. The number of imide groups is 1. The molecular formula is C17H20ClN3O3. The van der Waals surface area contributed by atoms with Gasteiger partial charge in [0.1, 0.15) is 0 Å². The number of piperidine rings is 1. The molecule has 7 heteroatoms. The van der Waals surface area contributed by atoms with E-state index < -0.39 is 0 Å². The zero-order valence-electron chi connectivity index (χ0n) is 13.4. The van der Waals surface area contributed by atoms with Crippen LogP contribution in [-0.2, 0) is 0 Å². The van der Waals surface area contributed by atoms with Gasteiger partial charge >= 0.3 is 0 Å². The van der Waals surface area contributed by atoms with Crippen molar-refractivity contribution in [1.29, 1.82) is 0 Å². The van der Waals surface area contributed by atoms with Crippen molar-refractivity contribution < 1.29 is 14.4 Å². The monoisotopic (exact) mass is 349 g/mol. The van der Waals surface area contributed by atoms with E-state index in [1.807, 2.05) is 0 Å². The van der Waals surface area contributed by atoms with Crippen LogP contribution in [0.1, 0.15) is 56.8 Å². The lowest BCUT2D eigenvalue weighted by Gasteiger charge is -2.29. The molecule has 0 aromatic heterocycles. The summed E-state index contributed by atoms with van der Waals surface area (Å²) in [7, 11) is 1.45. The number of fused-ring (bicyclic) bond motifs is 3. The molecule has 24 heavy (non-hydrogen) atoms. The van der Waals surface area contributed by atoms with Crippen LogP contribution in [0.4, 0.5) is 0 Å². The van der Waals surface area contributed by atoms with Crippen molar-refractivity contribution in [1.82, 2.24) is 15.5 Å². The van der Waals surface area contributed by atoms with E-state index in [1.54, 1.807) is 12.1 Å². The highest BCUT2D eigenvalue weighted by Gasteiger charge is 2.35. The highest BCUT2D eigenvalue weighted by atomic mass is 35.5. The van der Waals surface area contributed by atoms with Crippen LogP contribution in [0.3, 0.4) is 0 Å². The number of halogens is 1. The SMILES string of the molecule is CN1C(=O)c2ccc(C(=O)NC3CC4CCC(C3)N4)cc2C1=O.Cl. The summed E-state index contributed by atoms with van der Waals surface area (Å²) in [6.45, 7) is 0. The summed E-state index contributed by atoms with van der Waals surface area (Å²) in [4.78, 5) is 37.5. The second-order valence-corrected chi connectivity index (χ2v) is 6.71. The number of nitrogens with one attached hydrogen (secondary N) is 2. The van der Waals surface area contributed by atoms with Crippen molar-refractivity contribution in [3.63, 3.8) is 0 Å². The standard InChI is InChI=1S/C17H19N3O3.ClH/c1-20-16(22)13-5-2-9(6-14(13)17(20)23)15(21)19-12-7-10-3-4-11(8-12)18-10;/h2,5-6,10-12,18H,3-4,7-8H2,1H3,(H,19,21);1H. The van der Waals surface area contributed by atoms with Gasteiger partial charge in [0.25, 0.3) is 17.7 Å². The Hall–Kier alpha value is -1.92. The first kappa shape index (κ1) is 16.9. The van der Waals surface area contributed by atoms with Crippen molar-refractivity contribution in [3.05, 3.63) is 34.9 Å². The lowest BCUT2D eigenvalue weighted by molar-refractivity contribution is 0.0693. The van der Waals surface area contributed by atoms with Gasteiger partial charge in [0.05, 0.1) is 11.1 Å². The second-order valence-electron chi connectivity index (χ2n) is 6.71. The van der Waals surface area contributed by atoms with Crippen molar-refractivity contribution in [2.75, 3.05) is 7.05 Å². The van der Waals surface area contributed by atoms with Crippen LogP contribution >= 0.6 is 12.4 Å². The maximum atomic E-state index is 12.5. The summed E-state index contributed by atoms with van der Waals surface area (Å²) in [6.07, 6.45) is 4.26. The van der Waals surface area contributed by atoms with E-state index in [1.165, 1.54) is 26.0 Å².